The van der Waals surface area contributed by atoms with Crippen LogP contribution in [-0.2, 0) is 11.4 Å². The van der Waals surface area contributed by atoms with E-state index in [2.05, 4.69) is 11.4 Å². The molecule has 1 aromatic rings. The average Bonchev–Trinajstić information content (AvgIpc) is 2.73. The highest BCUT2D eigenvalue weighted by Gasteiger charge is 2.33. The monoisotopic (exact) mass is 391 g/mol. The molecular formula is C22H34FN3O2. The zero-order chi connectivity index (χ0) is 19.9. The molecule has 3 rings (SSSR count). The fourth-order valence-corrected chi connectivity index (χ4v) is 4.53. The Kier molecular flexibility index (Phi) is 7.68. The molecule has 0 bridgehead atoms. The molecule has 28 heavy (non-hydrogen) atoms. The van der Waals surface area contributed by atoms with E-state index in [1.807, 2.05) is 30.0 Å². The van der Waals surface area contributed by atoms with Gasteiger partial charge in [-0.15, -0.1) is 0 Å². The van der Waals surface area contributed by atoms with E-state index in [-0.39, 0.29) is 24.2 Å². The number of benzene rings is 1. The summed E-state index contributed by atoms with van der Waals surface area (Å²) >= 11 is 0. The minimum Gasteiger partial charge on any atom is -0.376 e. The van der Waals surface area contributed by atoms with E-state index in [4.69, 9.17) is 10.5 Å². The van der Waals surface area contributed by atoms with Gasteiger partial charge in [0, 0.05) is 19.1 Å². The summed E-state index contributed by atoms with van der Waals surface area (Å²) in [6.45, 7) is 3.38. The molecule has 1 aliphatic heterocycles. The maximum Gasteiger partial charge on any atom is 0.317 e. The number of piperidine rings is 1. The normalized spacial score (nSPS) is 28.2. The van der Waals surface area contributed by atoms with E-state index in [9.17, 15) is 9.18 Å². The maximum absolute atomic E-state index is 12.9. The maximum atomic E-state index is 12.9. The summed E-state index contributed by atoms with van der Waals surface area (Å²) in [4.78, 5) is 14.2. The Morgan fingerprint density at radius 2 is 2.07 bits per heavy atom. The first-order valence-electron chi connectivity index (χ1n) is 10.7. The fraction of sp³-hybridized carbons (Fsp3) is 0.682. The molecule has 1 aromatic carbocycles. The molecule has 2 atom stereocenters. The Bertz CT molecular complexity index is 634. The van der Waals surface area contributed by atoms with E-state index < -0.39 is 6.67 Å². The van der Waals surface area contributed by atoms with Crippen LogP contribution in [0.5, 0.6) is 0 Å². The van der Waals surface area contributed by atoms with Crippen LogP contribution in [0.15, 0.2) is 24.3 Å². The number of nitrogens with zero attached hydrogens (tertiary/aromatic N) is 1. The standard InChI is InChI=1S/C22H34FN3O2/c1-2-25-22(27)26-12-4-7-20(24)21(26)15-28-19-10-8-17(9-11-19)18-6-3-5-16(13-18)14-23/h3,5-6,13,17,19-21H,2,4,7-12,14-15,24H2,1H3,(H,25,27)/t17?,19?,20-,21-/m0/s1. The fourth-order valence-electron chi connectivity index (χ4n) is 4.53. The largest absolute Gasteiger partial charge is 0.376 e. The summed E-state index contributed by atoms with van der Waals surface area (Å²) in [5, 5.41) is 2.89. The number of nitrogens with two attached hydrogens (primary N) is 1. The lowest BCUT2D eigenvalue weighted by atomic mass is 9.82. The highest BCUT2D eigenvalue weighted by Crippen LogP contribution is 2.34. The molecule has 2 aliphatic rings. The Balaban J connectivity index is 1.50. The van der Waals surface area contributed by atoms with Crippen molar-refractivity contribution < 1.29 is 13.9 Å². The Hall–Kier alpha value is -1.66. The summed E-state index contributed by atoms with van der Waals surface area (Å²) < 4.78 is 19.1. The van der Waals surface area contributed by atoms with Crippen molar-refractivity contribution in [3.63, 3.8) is 0 Å². The minimum atomic E-state index is -0.407. The lowest BCUT2D eigenvalue weighted by molar-refractivity contribution is -0.0158. The summed E-state index contributed by atoms with van der Waals surface area (Å²) in [5.74, 6) is 0.482. The summed E-state index contributed by atoms with van der Waals surface area (Å²) in [6, 6.07) is 7.77. The first-order valence-corrected chi connectivity index (χ1v) is 10.7. The second-order valence-electron chi connectivity index (χ2n) is 8.09. The summed E-state index contributed by atoms with van der Waals surface area (Å²) in [5.41, 5.74) is 8.31. The van der Waals surface area contributed by atoms with Gasteiger partial charge in [0.25, 0.3) is 0 Å². The molecule has 2 amide bonds. The van der Waals surface area contributed by atoms with Gasteiger partial charge >= 0.3 is 6.03 Å². The number of urea groups is 1. The summed E-state index contributed by atoms with van der Waals surface area (Å²) in [7, 11) is 0. The number of nitrogens with one attached hydrogen (secondary N) is 1. The van der Waals surface area contributed by atoms with Crippen LogP contribution in [0.2, 0.25) is 0 Å². The van der Waals surface area contributed by atoms with Crippen LogP contribution in [0.4, 0.5) is 9.18 Å². The summed E-state index contributed by atoms with van der Waals surface area (Å²) in [6.07, 6.45) is 6.18. The van der Waals surface area contributed by atoms with Crippen LogP contribution in [0.25, 0.3) is 0 Å². The van der Waals surface area contributed by atoms with Crippen molar-refractivity contribution in [2.24, 2.45) is 5.73 Å². The molecule has 1 saturated carbocycles. The van der Waals surface area contributed by atoms with Crippen LogP contribution >= 0.6 is 0 Å². The second kappa shape index (κ2) is 10.2. The van der Waals surface area contributed by atoms with Gasteiger partial charge in [-0.3, -0.25) is 0 Å². The first kappa shape index (κ1) is 21.1. The molecule has 0 aromatic heterocycles. The molecule has 0 unspecified atom stereocenters. The third kappa shape index (κ3) is 5.23. The van der Waals surface area contributed by atoms with E-state index in [0.29, 0.717) is 19.1 Å². The van der Waals surface area contributed by atoms with Gasteiger partial charge in [-0.2, -0.15) is 0 Å². The molecule has 0 radical (unpaired) electrons. The van der Waals surface area contributed by atoms with Crippen LogP contribution in [-0.4, -0.2) is 48.8 Å². The average molecular weight is 392 g/mol. The predicted molar refractivity (Wildman–Crippen MR) is 109 cm³/mol. The second-order valence-corrected chi connectivity index (χ2v) is 8.09. The Morgan fingerprint density at radius 1 is 1.29 bits per heavy atom. The predicted octanol–water partition coefficient (Wildman–Crippen LogP) is 3.72. The number of likely N-dealkylation sites (tertiary alicyclic amines) is 1. The third-order valence-corrected chi connectivity index (χ3v) is 6.17. The zero-order valence-electron chi connectivity index (χ0n) is 16.9. The van der Waals surface area contributed by atoms with Gasteiger partial charge in [0.1, 0.15) is 6.67 Å². The van der Waals surface area contributed by atoms with Gasteiger partial charge in [-0.25, -0.2) is 9.18 Å². The van der Waals surface area contributed by atoms with E-state index in [0.717, 1.165) is 50.6 Å². The van der Waals surface area contributed by atoms with Crippen molar-refractivity contribution in [3.8, 4) is 0 Å². The quantitative estimate of drug-likeness (QED) is 0.777. The number of rotatable bonds is 6. The molecule has 0 spiro atoms. The van der Waals surface area contributed by atoms with Gasteiger partial charge in [-0.1, -0.05) is 24.3 Å². The van der Waals surface area contributed by atoms with Gasteiger partial charge in [0.2, 0.25) is 0 Å². The van der Waals surface area contributed by atoms with E-state index in [1.165, 1.54) is 5.56 Å². The van der Waals surface area contributed by atoms with Gasteiger partial charge in [0.05, 0.1) is 18.8 Å². The molecule has 6 heteroatoms. The molecule has 156 valence electrons. The van der Waals surface area contributed by atoms with Gasteiger partial charge < -0.3 is 20.7 Å². The van der Waals surface area contributed by atoms with Gasteiger partial charge in [-0.05, 0) is 62.5 Å². The Morgan fingerprint density at radius 3 is 2.79 bits per heavy atom. The number of hydrogen-bond acceptors (Lipinski definition) is 3. The van der Waals surface area contributed by atoms with Gasteiger partial charge in [0.15, 0.2) is 0 Å². The number of amides is 2. The van der Waals surface area contributed by atoms with Crippen molar-refractivity contribution in [3.05, 3.63) is 35.4 Å². The Labute approximate surface area is 167 Å². The number of alkyl halides is 1. The molecule has 1 saturated heterocycles. The number of halogens is 1. The SMILES string of the molecule is CCNC(=O)N1CCC[C@H](N)[C@@H]1COC1CCC(c2cccc(CF)c2)CC1. The molecule has 1 heterocycles. The van der Waals surface area contributed by atoms with E-state index in [1.54, 1.807) is 0 Å². The number of carbonyl (C=O) groups excluding carboxylic acids is 1. The third-order valence-electron chi connectivity index (χ3n) is 6.17. The van der Waals surface area contributed by atoms with E-state index >= 15 is 0 Å². The van der Waals surface area contributed by atoms with Crippen molar-refractivity contribution in [2.45, 2.75) is 76.2 Å². The minimum absolute atomic E-state index is 0.0314. The molecular weight excluding hydrogens is 357 g/mol. The van der Waals surface area contributed by atoms with Crippen molar-refractivity contribution in [1.29, 1.82) is 0 Å². The zero-order valence-corrected chi connectivity index (χ0v) is 16.9. The van der Waals surface area contributed by atoms with Crippen LogP contribution < -0.4 is 11.1 Å². The molecule has 3 N–H and O–H groups in total. The molecule has 2 fully saturated rings. The number of ether oxygens (including phenoxy) is 1. The lowest BCUT2D eigenvalue weighted by Crippen LogP contribution is -2.58. The highest BCUT2D eigenvalue weighted by atomic mass is 19.1. The molecule has 1 aliphatic carbocycles. The molecule has 5 nitrogen and oxygen atoms in total. The van der Waals surface area contributed by atoms with Crippen LogP contribution in [0.3, 0.4) is 0 Å². The number of carbonyl (C=O) groups is 1. The van der Waals surface area contributed by atoms with Crippen LogP contribution in [0.1, 0.15) is 62.5 Å². The smallest absolute Gasteiger partial charge is 0.317 e. The van der Waals surface area contributed by atoms with Crippen molar-refractivity contribution in [2.75, 3.05) is 19.7 Å². The van der Waals surface area contributed by atoms with Crippen LogP contribution in [0, 0.1) is 0 Å². The lowest BCUT2D eigenvalue weighted by Gasteiger charge is -2.40. The topological polar surface area (TPSA) is 67.6 Å². The van der Waals surface area contributed by atoms with Crippen molar-refractivity contribution >= 4 is 6.03 Å². The number of hydrogen-bond donors (Lipinski definition) is 2. The highest BCUT2D eigenvalue weighted by molar-refractivity contribution is 5.74. The first-order chi connectivity index (χ1) is 13.6. The van der Waals surface area contributed by atoms with Crippen molar-refractivity contribution in [1.82, 2.24) is 10.2 Å².